The highest BCUT2D eigenvalue weighted by atomic mass is 35.5. The highest BCUT2D eigenvalue weighted by Gasteiger charge is 2.02. The molecule has 3 nitrogen and oxygen atoms in total. The van der Waals surface area contributed by atoms with E-state index in [4.69, 9.17) is 11.6 Å². The number of nitrogens with one attached hydrogen (secondary N) is 1. The summed E-state index contributed by atoms with van der Waals surface area (Å²) in [5, 5.41) is 3.52. The van der Waals surface area contributed by atoms with E-state index >= 15 is 0 Å². The van der Waals surface area contributed by atoms with E-state index in [1.807, 2.05) is 0 Å². The zero-order chi connectivity index (χ0) is 9.68. The molecule has 0 bridgehead atoms. The van der Waals surface area contributed by atoms with Gasteiger partial charge in [0, 0.05) is 18.3 Å². The van der Waals surface area contributed by atoms with Crippen molar-refractivity contribution < 1.29 is 0 Å². The van der Waals surface area contributed by atoms with E-state index in [-0.39, 0.29) is 0 Å². The molecule has 0 aromatic carbocycles. The van der Waals surface area contributed by atoms with Gasteiger partial charge in [-0.25, -0.2) is 9.97 Å². The third kappa shape index (κ3) is 2.84. The maximum atomic E-state index is 5.69. The highest BCUT2D eigenvalue weighted by Crippen LogP contribution is 2.14. The fourth-order valence-electron chi connectivity index (χ4n) is 1.04. The van der Waals surface area contributed by atoms with Gasteiger partial charge >= 0.3 is 0 Å². The summed E-state index contributed by atoms with van der Waals surface area (Å²) in [5.74, 6) is 0.865. The quantitative estimate of drug-likeness (QED) is 0.758. The lowest BCUT2D eigenvalue weighted by Crippen LogP contribution is -2.05. The Hall–Kier alpha value is -0.830. The van der Waals surface area contributed by atoms with Gasteiger partial charge in [-0.15, -0.1) is 0 Å². The van der Waals surface area contributed by atoms with Crippen molar-refractivity contribution in [1.29, 1.82) is 0 Å². The fourth-order valence-corrected chi connectivity index (χ4v) is 1.17. The molecule has 1 aromatic rings. The predicted molar refractivity (Wildman–Crippen MR) is 55.2 cm³/mol. The molecule has 0 fully saturated rings. The van der Waals surface area contributed by atoms with Gasteiger partial charge in [0.05, 0.1) is 0 Å². The van der Waals surface area contributed by atoms with Crippen LogP contribution in [0.2, 0.25) is 5.28 Å². The Morgan fingerprint density at radius 3 is 2.85 bits per heavy atom. The molecular weight excluding hydrogens is 186 g/mol. The molecule has 0 saturated heterocycles. The first-order valence-corrected chi connectivity index (χ1v) is 4.91. The van der Waals surface area contributed by atoms with Crippen LogP contribution in [0.3, 0.4) is 0 Å². The third-order valence-electron chi connectivity index (χ3n) is 1.76. The molecule has 1 aromatic heterocycles. The fraction of sp³-hybridized carbons (Fsp3) is 0.556. The van der Waals surface area contributed by atoms with Crippen molar-refractivity contribution in [3.05, 3.63) is 17.0 Å². The van der Waals surface area contributed by atoms with Gasteiger partial charge in [-0.1, -0.05) is 13.8 Å². The van der Waals surface area contributed by atoms with Crippen molar-refractivity contribution in [1.82, 2.24) is 9.97 Å². The summed E-state index contributed by atoms with van der Waals surface area (Å²) in [7, 11) is 0. The predicted octanol–water partition coefficient (Wildman–Crippen LogP) is 2.51. The molecule has 13 heavy (non-hydrogen) atoms. The van der Waals surface area contributed by atoms with Crippen molar-refractivity contribution in [2.24, 2.45) is 0 Å². The van der Waals surface area contributed by atoms with Gasteiger partial charge in [0.25, 0.3) is 0 Å². The van der Waals surface area contributed by atoms with Crippen molar-refractivity contribution in [2.75, 3.05) is 11.9 Å². The second-order valence-electron chi connectivity index (χ2n) is 2.79. The lowest BCUT2D eigenvalue weighted by Gasteiger charge is -2.07. The zero-order valence-electron chi connectivity index (χ0n) is 7.97. The molecular formula is C9H14ClN3. The molecule has 1 rings (SSSR count). The van der Waals surface area contributed by atoms with Gasteiger partial charge in [0.1, 0.15) is 5.82 Å². The molecule has 0 radical (unpaired) electrons. The van der Waals surface area contributed by atoms with Gasteiger partial charge in [0.15, 0.2) is 0 Å². The number of hydrogen-bond acceptors (Lipinski definition) is 3. The van der Waals surface area contributed by atoms with E-state index in [2.05, 4.69) is 29.1 Å². The molecule has 0 saturated carbocycles. The van der Waals surface area contributed by atoms with E-state index in [9.17, 15) is 0 Å². The summed E-state index contributed by atoms with van der Waals surface area (Å²) < 4.78 is 0. The number of halogens is 1. The number of nitrogens with zero attached hydrogens (tertiary/aromatic N) is 2. The van der Waals surface area contributed by atoms with Gasteiger partial charge in [0.2, 0.25) is 5.28 Å². The topological polar surface area (TPSA) is 37.8 Å². The third-order valence-corrected chi connectivity index (χ3v) is 1.94. The minimum atomic E-state index is 0.302. The minimum absolute atomic E-state index is 0.302. The molecule has 0 spiro atoms. The maximum absolute atomic E-state index is 5.69. The molecule has 0 unspecified atom stereocenters. The summed E-state index contributed by atoms with van der Waals surface area (Å²) in [6.07, 6.45) is 3.77. The molecule has 0 aliphatic heterocycles. The SMILES string of the molecule is CCCNc1nc(Cl)ncc1CC. The molecule has 1 heterocycles. The van der Waals surface area contributed by atoms with Gasteiger partial charge < -0.3 is 5.32 Å². The van der Waals surface area contributed by atoms with Crippen LogP contribution < -0.4 is 5.32 Å². The summed E-state index contributed by atoms with van der Waals surface area (Å²) in [6.45, 7) is 5.10. The van der Waals surface area contributed by atoms with Crippen molar-refractivity contribution >= 4 is 17.4 Å². The average molecular weight is 200 g/mol. The second kappa shape index (κ2) is 5.02. The Balaban J connectivity index is 2.81. The van der Waals surface area contributed by atoms with Crippen LogP contribution in [0.1, 0.15) is 25.8 Å². The van der Waals surface area contributed by atoms with Crippen LogP contribution in [0.5, 0.6) is 0 Å². The Morgan fingerprint density at radius 1 is 1.46 bits per heavy atom. The van der Waals surface area contributed by atoms with Crippen LogP contribution in [0.15, 0.2) is 6.20 Å². The molecule has 0 atom stereocenters. The Kier molecular flexibility index (Phi) is 3.96. The van der Waals surface area contributed by atoms with Crippen LogP contribution >= 0.6 is 11.6 Å². The van der Waals surface area contributed by atoms with Crippen LogP contribution in [-0.4, -0.2) is 16.5 Å². The lowest BCUT2D eigenvalue weighted by molar-refractivity contribution is 0.948. The van der Waals surface area contributed by atoms with Crippen LogP contribution in [0, 0.1) is 0 Å². The summed E-state index contributed by atoms with van der Waals surface area (Å²) in [4.78, 5) is 8.06. The van der Waals surface area contributed by atoms with Gasteiger partial charge in [-0.3, -0.25) is 0 Å². The van der Waals surface area contributed by atoms with E-state index in [1.54, 1.807) is 6.20 Å². The molecule has 0 aliphatic carbocycles. The number of rotatable bonds is 4. The first kappa shape index (κ1) is 10.3. The van der Waals surface area contributed by atoms with E-state index in [0.29, 0.717) is 5.28 Å². The molecule has 72 valence electrons. The van der Waals surface area contributed by atoms with Crippen molar-refractivity contribution in [3.63, 3.8) is 0 Å². The maximum Gasteiger partial charge on any atom is 0.224 e. The molecule has 1 N–H and O–H groups in total. The van der Waals surface area contributed by atoms with E-state index in [0.717, 1.165) is 30.8 Å². The standard InChI is InChI=1S/C9H14ClN3/c1-3-5-11-8-7(4-2)6-12-9(10)13-8/h6H,3-5H2,1-2H3,(H,11,12,13). The summed E-state index contributed by atoms with van der Waals surface area (Å²) in [6, 6.07) is 0. The summed E-state index contributed by atoms with van der Waals surface area (Å²) >= 11 is 5.69. The average Bonchev–Trinajstić information content (AvgIpc) is 2.15. The number of hydrogen-bond donors (Lipinski definition) is 1. The van der Waals surface area contributed by atoms with Crippen LogP contribution in [0.25, 0.3) is 0 Å². The smallest absolute Gasteiger partial charge is 0.224 e. The monoisotopic (exact) mass is 199 g/mol. The second-order valence-corrected chi connectivity index (χ2v) is 3.13. The minimum Gasteiger partial charge on any atom is -0.370 e. The molecule has 0 amide bonds. The zero-order valence-corrected chi connectivity index (χ0v) is 8.73. The van der Waals surface area contributed by atoms with Gasteiger partial charge in [-0.05, 0) is 24.4 Å². The number of anilines is 1. The molecule has 4 heteroatoms. The normalized spacial score (nSPS) is 10.1. The molecule has 0 aliphatic rings. The van der Waals surface area contributed by atoms with Crippen LogP contribution in [0.4, 0.5) is 5.82 Å². The first-order valence-electron chi connectivity index (χ1n) is 4.53. The summed E-state index contributed by atoms with van der Waals surface area (Å²) in [5.41, 5.74) is 1.11. The largest absolute Gasteiger partial charge is 0.370 e. The number of aromatic nitrogens is 2. The lowest BCUT2D eigenvalue weighted by atomic mass is 10.2. The first-order chi connectivity index (χ1) is 6.27. The van der Waals surface area contributed by atoms with Crippen molar-refractivity contribution in [2.45, 2.75) is 26.7 Å². The van der Waals surface area contributed by atoms with E-state index in [1.165, 1.54) is 0 Å². The van der Waals surface area contributed by atoms with Crippen molar-refractivity contribution in [3.8, 4) is 0 Å². The Bertz CT molecular complexity index is 276. The Morgan fingerprint density at radius 2 is 2.23 bits per heavy atom. The van der Waals surface area contributed by atoms with E-state index < -0.39 is 0 Å². The highest BCUT2D eigenvalue weighted by molar-refractivity contribution is 6.28. The van der Waals surface area contributed by atoms with Gasteiger partial charge in [-0.2, -0.15) is 0 Å². The van der Waals surface area contributed by atoms with Crippen LogP contribution in [-0.2, 0) is 6.42 Å². The number of aryl methyl sites for hydroxylation is 1. The Labute approximate surface area is 83.5 Å².